The lowest BCUT2D eigenvalue weighted by Crippen LogP contribution is -2.10. The van der Waals surface area contributed by atoms with Crippen LogP contribution < -0.4 is 4.90 Å². The van der Waals surface area contributed by atoms with E-state index in [0.717, 1.165) is 17.1 Å². The molecular formula is C64H45N. The van der Waals surface area contributed by atoms with Crippen LogP contribution in [0.15, 0.2) is 273 Å². The van der Waals surface area contributed by atoms with Crippen molar-refractivity contribution in [2.24, 2.45) is 0 Å². The molecule has 1 heteroatoms. The van der Waals surface area contributed by atoms with Gasteiger partial charge in [-0.15, -0.1) is 0 Å². The Labute approximate surface area is 381 Å². The van der Waals surface area contributed by atoms with E-state index < -0.39 is 0 Å². The van der Waals surface area contributed by atoms with E-state index in [1.165, 1.54) is 88.7 Å². The topological polar surface area (TPSA) is 3.24 Å². The first-order valence-corrected chi connectivity index (χ1v) is 22.3. The zero-order chi connectivity index (χ0) is 43.4. The zero-order valence-electron chi connectivity index (χ0n) is 35.9. The van der Waals surface area contributed by atoms with Crippen molar-refractivity contribution in [3.8, 4) is 77.9 Å². The van der Waals surface area contributed by atoms with Gasteiger partial charge in [-0.1, -0.05) is 224 Å². The van der Waals surface area contributed by atoms with Gasteiger partial charge in [-0.3, -0.25) is 0 Å². The second-order valence-corrected chi connectivity index (χ2v) is 16.6. The van der Waals surface area contributed by atoms with E-state index in [4.69, 9.17) is 0 Å². The molecule has 0 aromatic heterocycles. The van der Waals surface area contributed by atoms with Gasteiger partial charge in [-0.05, 0) is 137 Å². The summed E-state index contributed by atoms with van der Waals surface area (Å²) in [6.07, 6.45) is 0. The number of fused-ring (bicyclic) bond motifs is 1. The van der Waals surface area contributed by atoms with Crippen LogP contribution in [0.3, 0.4) is 0 Å². The Balaban J connectivity index is 0.889. The normalized spacial score (nSPS) is 11.1. The average Bonchev–Trinajstić information content (AvgIpc) is 3.40. The molecule has 0 saturated carbocycles. The minimum absolute atomic E-state index is 1.09. The van der Waals surface area contributed by atoms with Crippen molar-refractivity contribution < 1.29 is 0 Å². The lowest BCUT2D eigenvalue weighted by atomic mass is 9.96. The van der Waals surface area contributed by atoms with E-state index in [0.29, 0.717) is 0 Å². The van der Waals surface area contributed by atoms with Gasteiger partial charge >= 0.3 is 0 Å². The number of anilines is 3. The summed E-state index contributed by atoms with van der Waals surface area (Å²) < 4.78 is 0. The molecule has 0 aliphatic rings. The van der Waals surface area contributed by atoms with E-state index in [9.17, 15) is 0 Å². The Morgan fingerprint density at radius 2 is 0.446 bits per heavy atom. The number of hydrogen-bond acceptors (Lipinski definition) is 1. The molecule has 11 aromatic rings. The highest BCUT2D eigenvalue weighted by atomic mass is 15.1. The van der Waals surface area contributed by atoms with Gasteiger partial charge in [0.1, 0.15) is 0 Å². The van der Waals surface area contributed by atoms with Crippen LogP contribution in [0.4, 0.5) is 17.1 Å². The molecule has 0 aliphatic heterocycles. The molecule has 0 radical (unpaired) electrons. The summed E-state index contributed by atoms with van der Waals surface area (Å²) in [6.45, 7) is 0. The summed E-state index contributed by atoms with van der Waals surface area (Å²) in [5, 5.41) is 2.51. The Bertz CT molecular complexity index is 3350. The van der Waals surface area contributed by atoms with E-state index in [-0.39, 0.29) is 0 Å². The molecule has 0 spiro atoms. The maximum absolute atomic E-state index is 2.36. The monoisotopic (exact) mass is 827 g/mol. The molecule has 1 nitrogen and oxygen atoms in total. The Kier molecular flexibility index (Phi) is 10.7. The molecule has 306 valence electrons. The zero-order valence-corrected chi connectivity index (χ0v) is 35.9. The van der Waals surface area contributed by atoms with Gasteiger partial charge in [-0.2, -0.15) is 0 Å². The third-order valence-corrected chi connectivity index (χ3v) is 12.5. The van der Waals surface area contributed by atoms with E-state index in [1.807, 2.05) is 0 Å². The van der Waals surface area contributed by atoms with Crippen LogP contribution in [0.25, 0.3) is 88.7 Å². The summed E-state index contributed by atoms with van der Waals surface area (Å²) in [4.78, 5) is 2.36. The van der Waals surface area contributed by atoms with Gasteiger partial charge in [-0.25, -0.2) is 0 Å². The van der Waals surface area contributed by atoms with Crippen LogP contribution in [0.1, 0.15) is 0 Å². The highest BCUT2D eigenvalue weighted by Crippen LogP contribution is 2.39. The first-order valence-electron chi connectivity index (χ1n) is 22.3. The van der Waals surface area contributed by atoms with Gasteiger partial charge in [0.15, 0.2) is 0 Å². The second-order valence-electron chi connectivity index (χ2n) is 16.6. The van der Waals surface area contributed by atoms with Crippen LogP contribution in [-0.2, 0) is 0 Å². The summed E-state index contributed by atoms with van der Waals surface area (Å²) in [6, 6.07) is 98.7. The second kappa shape index (κ2) is 17.7. The lowest BCUT2D eigenvalue weighted by molar-refractivity contribution is 1.28. The van der Waals surface area contributed by atoms with E-state index >= 15 is 0 Å². The molecule has 11 aromatic carbocycles. The molecule has 0 atom stereocenters. The fraction of sp³-hybridized carbons (Fsp3) is 0. The maximum Gasteiger partial charge on any atom is 0.0467 e. The molecule has 65 heavy (non-hydrogen) atoms. The SMILES string of the molecule is c1ccc(-c2ccc(-c3ccc(N(c4ccc(-c5ccc(-c6cccc(-c7ccc8ccccc8c7)c6)cc5)cc4)c4cccc(-c5ccc(-c6ccccc6)cc5)c4)cc3)cc2)cc1. The Morgan fingerprint density at radius 1 is 0.154 bits per heavy atom. The smallest absolute Gasteiger partial charge is 0.0467 e. The fourth-order valence-electron chi connectivity index (χ4n) is 8.95. The predicted molar refractivity (Wildman–Crippen MR) is 277 cm³/mol. The van der Waals surface area contributed by atoms with E-state index in [2.05, 4.69) is 278 Å². The maximum atomic E-state index is 2.36. The van der Waals surface area contributed by atoms with Crippen molar-refractivity contribution in [3.63, 3.8) is 0 Å². The molecule has 0 bridgehead atoms. The standard InChI is InChI=1S/C64H45N/c1-3-11-46(12-4-1)49-21-23-51(24-22-49)53-35-39-62(40-36-53)65(64-20-10-19-60(45-64)56-31-25-50(26-32-56)47-13-5-2-6-14-47)63-41-37-54(38-42-63)52-27-29-55(30-28-52)58-17-9-18-59(43-58)61-34-33-48-15-7-8-16-57(48)44-61/h1-45H. The Morgan fingerprint density at radius 3 is 0.908 bits per heavy atom. The average molecular weight is 828 g/mol. The fourth-order valence-corrected chi connectivity index (χ4v) is 8.95. The van der Waals surface area contributed by atoms with Gasteiger partial charge in [0.2, 0.25) is 0 Å². The highest BCUT2D eigenvalue weighted by Gasteiger charge is 2.15. The predicted octanol–water partition coefficient (Wildman–Crippen LogP) is 18.0. The molecule has 0 saturated heterocycles. The third kappa shape index (κ3) is 8.40. The van der Waals surface area contributed by atoms with Crippen LogP contribution in [0.5, 0.6) is 0 Å². The number of rotatable bonds is 10. The minimum Gasteiger partial charge on any atom is -0.310 e. The van der Waals surface area contributed by atoms with Gasteiger partial charge in [0, 0.05) is 17.1 Å². The van der Waals surface area contributed by atoms with Gasteiger partial charge in [0.25, 0.3) is 0 Å². The molecule has 0 heterocycles. The molecule has 0 amide bonds. The molecular weight excluding hydrogens is 783 g/mol. The summed E-state index contributed by atoms with van der Waals surface area (Å²) >= 11 is 0. The minimum atomic E-state index is 1.09. The van der Waals surface area contributed by atoms with E-state index in [1.54, 1.807) is 0 Å². The number of benzene rings is 11. The molecule has 0 aliphatic carbocycles. The largest absolute Gasteiger partial charge is 0.310 e. The van der Waals surface area contributed by atoms with Gasteiger partial charge in [0.05, 0.1) is 0 Å². The molecule has 11 rings (SSSR count). The van der Waals surface area contributed by atoms with Crippen molar-refractivity contribution >= 4 is 27.8 Å². The third-order valence-electron chi connectivity index (χ3n) is 12.5. The van der Waals surface area contributed by atoms with Gasteiger partial charge < -0.3 is 4.90 Å². The first kappa shape index (κ1) is 39.3. The molecule has 0 N–H and O–H groups in total. The first-order chi connectivity index (χ1) is 32.2. The van der Waals surface area contributed by atoms with Crippen LogP contribution >= 0.6 is 0 Å². The van der Waals surface area contributed by atoms with Crippen molar-refractivity contribution in [2.75, 3.05) is 4.90 Å². The molecule has 0 fully saturated rings. The Hall–Kier alpha value is -8.52. The summed E-state index contributed by atoms with van der Waals surface area (Å²) in [5.74, 6) is 0. The summed E-state index contributed by atoms with van der Waals surface area (Å²) in [7, 11) is 0. The molecule has 0 unspecified atom stereocenters. The van der Waals surface area contributed by atoms with Crippen LogP contribution in [-0.4, -0.2) is 0 Å². The van der Waals surface area contributed by atoms with Crippen molar-refractivity contribution in [3.05, 3.63) is 273 Å². The van der Waals surface area contributed by atoms with Crippen LogP contribution in [0.2, 0.25) is 0 Å². The number of nitrogens with zero attached hydrogens (tertiary/aromatic N) is 1. The highest BCUT2D eigenvalue weighted by molar-refractivity contribution is 5.88. The van der Waals surface area contributed by atoms with Crippen molar-refractivity contribution in [1.29, 1.82) is 0 Å². The van der Waals surface area contributed by atoms with Crippen LogP contribution in [0, 0.1) is 0 Å². The number of hydrogen-bond donors (Lipinski definition) is 0. The van der Waals surface area contributed by atoms with Crippen molar-refractivity contribution in [1.82, 2.24) is 0 Å². The summed E-state index contributed by atoms with van der Waals surface area (Å²) in [5.41, 5.74) is 20.1. The lowest BCUT2D eigenvalue weighted by Gasteiger charge is -2.26. The quantitative estimate of drug-likeness (QED) is 0.133. The van der Waals surface area contributed by atoms with Crippen molar-refractivity contribution in [2.45, 2.75) is 0 Å².